The monoisotopic (exact) mass is 461 g/mol. The van der Waals surface area contributed by atoms with Crippen molar-refractivity contribution in [1.29, 1.82) is 0 Å². The van der Waals surface area contributed by atoms with Crippen molar-refractivity contribution in [1.82, 2.24) is 20.1 Å². The molecule has 34 heavy (non-hydrogen) atoms. The Bertz CT molecular complexity index is 1180. The number of hydrogen-bond acceptors (Lipinski definition) is 3. The highest BCUT2D eigenvalue weighted by Crippen LogP contribution is 2.32. The lowest BCUT2D eigenvalue weighted by Gasteiger charge is -2.39. The summed E-state index contributed by atoms with van der Waals surface area (Å²) in [4.78, 5) is 33.7. The van der Waals surface area contributed by atoms with Crippen molar-refractivity contribution in [2.75, 3.05) is 18.4 Å². The Labute approximate surface area is 198 Å². The summed E-state index contributed by atoms with van der Waals surface area (Å²) < 4.78 is 14.6. The molecule has 0 spiro atoms. The van der Waals surface area contributed by atoms with Crippen molar-refractivity contribution in [3.05, 3.63) is 72.2 Å². The van der Waals surface area contributed by atoms with Crippen LogP contribution >= 0.6 is 0 Å². The molecule has 1 saturated heterocycles. The van der Waals surface area contributed by atoms with Gasteiger partial charge in [-0.05, 0) is 60.7 Å². The number of carbonyl (C=O) groups is 2. The van der Waals surface area contributed by atoms with Gasteiger partial charge in [-0.3, -0.25) is 5.32 Å². The van der Waals surface area contributed by atoms with E-state index in [1.165, 1.54) is 6.07 Å². The Hall–Kier alpha value is -3.68. The van der Waals surface area contributed by atoms with Gasteiger partial charge in [-0.1, -0.05) is 30.3 Å². The molecule has 4 amide bonds. The van der Waals surface area contributed by atoms with E-state index in [1.54, 1.807) is 29.3 Å². The Kier molecular flexibility index (Phi) is 6.29. The molecule has 1 aliphatic heterocycles. The number of pyridine rings is 1. The van der Waals surface area contributed by atoms with Gasteiger partial charge < -0.3 is 15.1 Å². The van der Waals surface area contributed by atoms with Crippen LogP contribution in [0.15, 0.2) is 60.8 Å². The first-order valence-corrected chi connectivity index (χ1v) is 11.8. The second kappa shape index (κ2) is 9.67. The lowest BCUT2D eigenvalue weighted by molar-refractivity contribution is 0.119. The van der Waals surface area contributed by atoms with E-state index in [0.717, 1.165) is 36.5 Å². The van der Waals surface area contributed by atoms with Crippen LogP contribution in [0.1, 0.15) is 31.2 Å². The third-order valence-electron chi connectivity index (χ3n) is 6.50. The highest BCUT2D eigenvalue weighted by molar-refractivity contribution is 5.88. The van der Waals surface area contributed by atoms with E-state index < -0.39 is 0 Å². The zero-order chi connectivity index (χ0) is 23.5. The summed E-state index contributed by atoms with van der Waals surface area (Å²) in [5, 5.41) is 7.53. The molecule has 2 aromatic carbocycles. The topological polar surface area (TPSA) is 77.6 Å². The number of piperidine rings is 1. The van der Waals surface area contributed by atoms with E-state index in [4.69, 9.17) is 0 Å². The van der Waals surface area contributed by atoms with E-state index in [9.17, 15) is 14.0 Å². The zero-order valence-electron chi connectivity index (χ0n) is 18.9. The number of amides is 4. The average Bonchev–Trinajstić information content (AvgIpc) is 3.69. The molecule has 1 saturated carbocycles. The van der Waals surface area contributed by atoms with Gasteiger partial charge >= 0.3 is 12.1 Å². The number of halogens is 1. The molecule has 2 aliphatic rings. The molecule has 1 aliphatic carbocycles. The smallest absolute Gasteiger partial charge is 0.323 e. The summed E-state index contributed by atoms with van der Waals surface area (Å²) in [6.07, 6.45) is 5.19. The van der Waals surface area contributed by atoms with Gasteiger partial charge in [0.2, 0.25) is 0 Å². The highest BCUT2D eigenvalue weighted by Gasteiger charge is 2.39. The summed E-state index contributed by atoms with van der Waals surface area (Å²) in [5.41, 5.74) is 0.461. The maximum atomic E-state index is 14.6. The predicted molar refractivity (Wildman–Crippen MR) is 129 cm³/mol. The van der Waals surface area contributed by atoms with Crippen LogP contribution in [0.4, 0.5) is 19.8 Å². The number of nitrogens with zero attached hydrogens (tertiary/aromatic N) is 3. The van der Waals surface area contributed by atoms with Crippen LogP contribution in [0.25, 0.3) is 10.8 Å². The first-order chi connectivity index (χ1) is 16.6. The molecule has 1 aromatic heterocycles. The predicted octanol–water partition coefficient (Wildman–Crippen LogP) is 4.74. The third kappa shape index (κ3) is 4.95. The highest BCUT2D eigenvalue weighted by atomic mass is 19.1. The lowest BCUT2D eigenvalue weighted by atomic mass is 10.0. The van der Waals surface area contributed by atoms with Crippen LogP contribution in [0.3, 0.4) is 0 Å². The molecule has 2 N–H and O–H groups in total. The molecule has 1 atom stereocenters. The molecule has 5 rings (SSSR count). The molecular formula is C26H28FN5O2. The van der Waals surface area contributed by atoms with Crippen molar-refractivity contribution >= 4 is 28.7 Å². The molecule has 2 fully saturated rings. The number of nitrogens with one attached hydrogen (secondary N) is 2. The van der Waals surface area contributed by atoms with Gasteiger partial charge in [-0.2, -0.15) is 0 Å². The van der Waals surface area contributed by atoms with Crippen LogP contribution in [-0.2, 0) is 6.54 Å². The molecular weight excluding hydrogens is 433 g/mol. The Morgan fingerprint density at radius 3 is 2.53 bits per heavy atom. The van der Waals surface area contributed by atoms with Crippen molar-refractivity contribution in [3.8, 4) is 0 Å². The van der Waals surface area contributed by atoms with Crippen LogP contribution in [0.2, 0.25) is 0 Å². The Balaban J connectivity index is 1.24. The van der Waals surface area contributed by atoms with Gasteiger partial charge in [0.25, 0.3) is 0 Å². The molecule has 7 nitrogen and oxygen atoms in total. The molecule has 0 radical (unpaired) electrons. The van der Waals surface area contributed by atoms with Gasteiger partial charge in [0.05, 0.1) is 6.04 Å². The van der Waals surface area contributed by atoms with Gasteiger partial charge in [0, 0.05) is 37.4 Å². The molecule has 0 unspecified atom stereocenters. The van der Waals surface area contributed by atoms with Crippen LogP contribution in [0, 0.1) is 5.82 Å². The number of anilines is 1. The molecule has 2 heterocycles. The number of hydrogen-bond donors (Lipinski definition) is 2. The molecule has 176 valence electrons. The van der Waals surface area contributed by atoms with E-state index >= 15 is 0 Å². The minimum atomic E-state index is -0.327. The quantitative estimate of drug-likeness (QED) is 0.576. The summed E-state index contributed by atoms with van der Waals surface area (Å²) >= 11 is 0. The molecule has 3 aromatic rings. The Morgan fingerprint density at radius 1 is 1.03 bits per heavy atom. The van der Waals surface area contributed by atoms with Gasteiger partial charge in [0.1, 0.15) is 11.6 Å². The lowest BCUT2D eigenvalue weighted by Crippen LogP contribution is -2.55. The van der Waals surface area contributed by atoms with Crippen LogP contribution in [-0.4, -0.2) is 52.0 Å². The first-order valence-electron chi connectivity index (χ1n) is 11.8. The number of likely N-dealkylation sites (tertiary alicyclic amines) is 1. The normalized spacial score (nSPS) is 17.9. The number of benzene rings is 2. The number of urea groups is 2. The summed E-state index contributed by atoms with van der Waals surface area (Å²) in [6, 6.07) is 15.9. The van der Waals surface area contributed by atoms with Gasteiger partial charge in [-0.15, -0.1) is 0 Å². The third-order valence-corrected chi connectivity index (χ3v) is 6.50. The van der Waals surface area contributed by atoms with E-state index in [0.29, 0.717) is 24.5 Å². The van der Waals surface area contributed by atoms with Gasteiger partial charge in [-0.25, -0.2) is 19.0 Å². The van der Waals surface area contributed by atoms with Gasteiger partial charge in [0.15, 0.2) is 0 Å². The number of carbonyl (C=O) groups excluding carboxylic acids is 2. The number of rotatable bonds is 5. The maximum absolute atomic E-state index is 14.6. The zero-order valence-corrected chi connectivity index (χ0v) is 18.9. The minimum absolute atomic E-state index is 0.0721. The maximum Gasteiger partial charge on any atom is 0.323 e. The van der Waals surface area contributed by atoms with Crippen molar-refractivity contribution in [3.63, 3.8) is 0 Å². The standard InChI is InChI=1S/C26H28FN5O2/c27-23-15-19-7-2-1-6-18(19)14-20(23)16-29-25(33)32(21-10-11-21)22-8-5-13-31(17-22)26(34)30-24-9-3-4-12-28-24/h1-4,6-7,9,12,14-15,21-22H,5,8,10-11,13,16-17H2,(H,29,33)(H,28,30,34)/t22-/m1/s1. The van der Waals surface area contributed by atoms with E-state index in [1.807, 2.05) is 35.2 Å². The SMILES string of the molecule is O=C(Nc1ccccn1)N1CCC[C@@H](N(C(=O)NCc2cc3ccccc3cc2F)C2CC2)C1. The van der Waals surface area contributed by atoms with Crippen molar-refractivity contribution in [2.24, 2.45) is 0 Å². The fourth-order valence-corrected chi connectivity index (χ4v) is 4.63. The first kappa shape index (κ1) is 22.1. The summed E-state index contributed by atoms with van der Waals surface area (Å²) in [7, 11) is 0. The van der Waals surface area contributed by atoms with Crippen molar-refractivity contribution in [2.45, 2.75) is 44.3 Å². The van der Waals surface area contributed by atoms with Crippen LogP contribution in [0.5, 0.6) is 0 Å². The Morgan fingerprint density at radius 2 is 1.79 bits per heavy atom. The van der Waals surface area contributed by atoms with E-state index in [-0.39, 0.29) is 36.5 Å². The number of fused-ring (bicyclic) bond motifs is 1. The minimum Gasteiger partial charge on any atom is -0.334 e. The second-order valence-electron chi connectivity index (χ2n) is 8.98. The fraction of sp³-hybridized carbons (Fsp3) is 0.346. The van der Waals surface area contributed by atoms with Crippen molar-refractivity contribution < 1.29 is 14.0 Å². The summed E-state index contributed by atoms with van der Waals surface area (Å²) in [6.45, 7) is 1.22. The number of aromatic nitrogens is 1. The largest absolute Gasteiger partial charge is 0.334 e. The van der Waals surface area contributed by atoms with E-state index in [2.05, 4.69) is 15.6 Å². The average molecular weight is 462 g/mol. The summed E-state index contributed by atoms with van der Waals surface area (Å²) in [5.74, 6) is 0.177. The molecule has 8 heteroatoms. The fourth-order valence-electron chi connectivity index (χ4n) is 4.63. The second-order valence-corrected chi connectivity index (χ2v) is 8.98. The molecule has 0 bridgehead atoms. The van der Waals surface area contributed by atoms with Crippen LogP contribution < -0.4 is 10.6 Å².